The smallest absolute Gasteiger partial charge is 0.416 e. The number of alkyl halides is 3. The third-order valence-electron chi connectivity index (χ3n) is 4.23. The SMILES string of the molecule is Cc1ccc(NC(=O)Nc2ccc(Oc3cc(NCCN)ncn3)cc2)cc1C(F)(F)F. The predicted octanol–water partition coefficient (Wildman–Crippen LogP) is 4.61. The van der Waals surface area contributed by atoms with Gasteiger partial charge in [-0.2, -0.15) is 13.2 Å². The van der Waals surface area contributed by atoms with Gasteiger partial charge in [-0.15, -0.1) is 0 Å². The van der Waals surface area contributed by atoms with Crippen LogP contribution in [-0.4, -0.2) is 29.1 Å². The van der Waals surface area contributed by atoms with Crippen molar-refractivity contribution < 1.29 is 22.7 Å². The molecule has 3 rings (SSSR count). The standard InChI is InChI=1S/C21H21F3N6O2/c1-13-2-3-15(10-17(13)21(22,23)24)30-20(31)29-14-4-6-16(7-5-14)32-19-11-18(26-9-8-25)27-12-28-19/h2-7,10-12H,8-9,25H2,1H3,(H,26,27,28)(H2,29,30,31). The number of carbonyl (C=O) groups is 1. The van der Waals surface area contributed by atoms with Gasteiger partial charge in [0, 0.05) is 30.5 Å². The Morgan fingerprint density at radius 1 is 1.03 bits per heavy atom. The van der Waals surface area contributed by atoms with Crippen LogP contribution in [0.3, 0.4) is 0 Å². The van der Waals surface area contributed by atoms with E-state index in [2.05, 4.69) is 25.9 Å². The first-order valence-corrected chi connectivity index (χ1v) is 9.54. The first-order chi connectivity index (χ1) is 15.2. The second kappa shape index (κ2) is 9.96. The Bertz CT molecular complexity index is 1070. The zero-order chi connectivity index (χ0) is 23.1. The van der Waals surface area contributed by atoms with Gasteiger partial charge in [-0.25, -0.2) is 14.8 Å². The molecule has 1 heterocycles. The Morgan fingerprint density at radius 3 is 2.41 bits per heavy atom. The Kier molecular flexibility index (Phi) is 7.11. The number of amides is 2. The van der Waals surface area contributed by atoms with Crippen molar-refractivity contribution in [1.82, 2.24) is 9.97 Å². The van der Waals surface area contributed by atoms with Crippen molar-refractivity contribution in [3.63, 3.8) is 0 Å². The van der Waals surface area contributed by atoms with Crippen molar-refractivity contribution in [3.8, 4) is 11.6 Å². The Morgan fingerprint density at radius 2 is 1.72 bits per heavy atom. The largest absolute Gasteiger partial charge is 0.439 e. The second-order valence-corrected chi connectivity index (χ2v) is 6.69. The van der Waals surface area contributed by atoms with Gasteiger partial charge in [0.2, 0.25) is 5.88 Å². The van der Waals surface area contributed by atoms with Gasteiger partial charge >= 0.3 is 12.2 Å². The molecular weight excluding hydrogens is 425 g/mol. The summed E-state index contributed by atoms with van der Waals surface area (Å²) in [4.78, 5) is 20.2. The summed E-state index contributed by atoms with van der Waals surface area (Å²) in [5.41, 5.74) is 5.17. The molecule has 0 fully saturated rings. The summed E-state index contributed by atoms with van der Waals surface area (Å²) in [6.45, 7) is 2.36. The van der Waals surface area contributed by atoms with Crippen molar-refractivity contribution in [2.24, 2.45) is 5.73 Å². The molecule has 168 valence electrons. The maximum atomic E-state index is 13.0. The number of benzene rings is 2. The van der Waals surface area contributed by atoms with E-state index in [4.69, 9.17) is 10.5 Å². The van der Waals surface area contributed by atoms with Gasteiger partial charge in [-0.3, -0.25) is 0 Å². The van der Waals surface area contributed by atoms with Crippen molar-refractivity contribution in [1.29, 1.82) is 0 Å². The van der Waals surface area contributed by atoms with Crippen LogP contribution in [0.15, 0.2) is 54.9 Å². The molecule has 0 radical (unpaired) electrons. The van der Waals surface area contributed by atoms with Crippen molar-refractivity contribution in [2.45, 2.75) is 13.1 Å². The van der Waals surface area contributed by atoms with Gasteiger partial charge in [0.05, 0.1) is 5.56 Å². The molecule has 0 saturated heterocycles. The molecule has 3 aromatic rings. The molecule has 0 aliphatic carbocycles. The van der Waals surface area contributed by atoms with Crippen LogP contribution in [0.4, 0.5) is 35.2 Å². The van der Waals surface area contributed by atoms with Gasteiger partial charge in [-0.1, -0.05) is 6.07 Å². The summed E-state index contributed by atoms with van der Waals surface area (Å²) in [6.07, 6.45) is -3.15. The lowest BCUT2D eigenvalue weighted by atomic mass is 10.1. The molecule has 8 nitrogen and oxygen atoms in total. The van der Waals surface area contributed by atoms with Crippen LogP contribution in [0, 0.1) is 6.92 Å². The number of ether oxygens (including phenoxy) is 1. The molecule has 0 saturated carbocycles. The van der Waals surface area contributed by atoms with Gasteiger partial charge in [-0.05, 0) is 48.9 Å². The lowest BCUT2D eigenvalue weighted by Gasteiger charge is -2.13. The second-order valence-electron chi connectivity index (χ2n) is 6.69. The fourth-order valence-corrected chi connectivity index (χ4v) is 2.72. The zero-order valence-corrected chi connectivity index (χ0v) is 17.0. The van der Waals surface area contributed by atoms with Crippen LogP contribution >= 0.6 is 0 Å². The predicted molar refractivity (Wildman–Crippen MR) is 115 cm³/mol. The number of nitrogens with two attached hydrogens (primary N) is 1. The van der Waals surface area contributed by atoms with E-state index < -0.39 is 17.8 Å². The first-order valence-electron chi connectivity index (χ1n) is 9.54. The van der Waals surface area contributed by atoms with Crippen LogP contribution in [-0.2, 0) is 6.18 Å². The molecule has 2 aromatic carbocycles. The summed E-state index contributed by atoms with van der Waals surface area (Å²) in [6, 6.07) is 10.9. The van der Waals surface area contributed by atoms with E-state index in [1.165, 1.54) is 25.4 Å². The molecule has 5 N–H and O–H groups in total. The molecule has 0 aliphatic rings. The summed E-state index contributed by atoms with van der Waals surface area (Å²) >= 11 is 0. The molecule has 0 aliphatic heterocycles. The highest BCUT2D eigenvalue weighted by atomic mass is 19.4. The van der Waals surface area contributed by atoms with E-state index in [9.17, 15) is 18.0 Å². The minimum absolute atomic E-state index is 0.0307. The average Bonchev–Trinajstić information content (AvgIpc) is 2.74. The molecule has 32 heavy (non-hydrogen) atoms. The third kappa shape index (κ3) is 6.32. The minimum Gasteiger partial charge on any atom is -0.439 e. The number of urea groups is 1. The van der Waals surface area contributed by atoms with Gasteiger partial charge < -0.3 is 26.4 Å². The van der Waals surface area contributed by atoms with Crippen LogP contribution in [0.1, 0.15) is 11.1 Å². The van der Waals surface area contributed by atoms with Gasteiger partial charge in [0.25, 0.3) is 0 Å². The maximum Gasteiger partial charge on any atom is 0.416 e. The van der Waals surface area contributed by atoms with Crippen LogP contribution in [0.2, 0.25) is 0 Å². The van der Waals surface area contributed by atoms with Crippen molar-refractivity contribution in [3.05, 3.63) is 66.0 Å². The number of halogens is 3. The summed E-state index contributed by atoms with van der Waals surface area (Å²) in [5.74, 6) is 1.35. The lowest BCUT2D eigenvalue weighted by molar-refractivity contribution is -0.138. The first kappa shape index (κ1) is 22.8. The monoisotopic (exact) mass is 446 g/mol. The van der Waals surface area contributed by atoms with E-state index in [0.29, 0.717) is 36.2 Å². The number of hydrogen-bond acceptors (Lipinski definition) is 6. The normalized spacial score (nSPS) is 11.0. The number of anilines is 3. The molecule has 0 atom stereocenters. The number of hydrogen-bond donors (Lipinski definition) is 4. The fraction of sp³-hybridized carbons (Fsp3) is 0.190. The van der Waals surface area contributed by atoms with Gasteiger partial charge in [0.1, 0.15) is 17.9 Å². The molecule has 2 amide bonds. The molecular formula is C21H21F3N6O2. The van der Waals surface area contributed by atoms with Crippen LogP contribution < -0.4 is 26.4 Å². The highest BCUT2D eigenvalue weighted by Gasteiger charge is 2.32. The van der Waals surface area contributed by atoms with E-state index >= 15 is 0 Å². The quantitative estimate of drug-likeness (QED) is 0.421. The van der Waals surface area contributed by atoms with Crippen molar-refractivity contribution in [2.75, 3.05) is 29.0 Å². The molecule has 1 aromatic heterocycles. The Hall–Kier alpha value is -3.86. The summed E-state index contributed by atoms with van der Waals surface area (Å²) < 4.78 is 44.7. The minimum atomic E-state index is -4.50. The molecule has 11 heteroatoms. The average molecular weight is 446 g/mol. The lowest BCUT2D eigenvalue weighted by Crippen LogP contribution is -2.20. The topological polar surface area (TPSA) is 114 Å². The molecule has 0 bridgehead atoms. The summed E-state index contributed by atoms with van der Waals surface area (Å²) in [7, 11) is 0. The highest BCUT2D eigenvalue weighted by Crippen LogP contribution is 2.33. The highest BCUT2D eigenvalue weighted by molar-refractivity contribution is 5.99. The zero-order valence-electron chi connectivity index (χ0n) is 17.0. The van der Waals surface area contributed by atoms with E-state index in [1.54, 1.807) is 30.3 Å². The number of aromatic nitrogens is 2. The van der Waals surface area contributed by atoms with E-state index in [-0.39, 0.29) is 11.3 Å². The number of rotatable bonds is 7. The van der Waals surface area contributed by atoms with Crippen molar-refractivity contribution >= 4 is 23.2 Å². The Balaban J connectivity index is 1.59. The number of aryl methyl sites for hydroxylation is 1. The Labute approximate surface area is 182 Å². The number of nitrogens with zero attached hydrogens (tertiary/aromatic N) is 2. The third-order valence-corrected chi connectivity index (χ3v) is 4.23. The van der Waals surface area contributed by atoms with E-state index in [1.807, 2.05) is 0 Å². The van der Waals surface area contributed by atoms with Gasteiger partial charge in [0.15, 0.2) is 0 Å². The molecule has 0 spiro atoms. The maximum absolute atomic E-state index is 13.0. The fourth-order valence-electron chi connectivity index (χ4n) is 2.72. The van der Waals surface area contributed by atoms with E-state index in [0.717, 1.165) is 6.07 Å². The summed E-state index contributed by atoms with van der Waals surface area (Å²) in [5, 5.41) is 7.96. The van der Waals surface area contributed by atoms with Crippen LogP contribution in [0.5, 0.6) is 11.6 Å². The number of carbonyl (C=O) groups excluding carboxylic acids is 1. The molecule has 0 unspecified atom stereocenters. The van der Waals surface area contributed by atoms with Crippen LogP contribution in [0.25, 0.3) is 0 Å². The number of nitrogens with one attached hydrogen (secondary N) is 3.